The molecule has 0 aliphatic heterocycles. The molecule has 0 fully saturated rings. The third kappa shape index (κ3) is 3.22. The van der Waals surface area contributed by atoms with Crippen LogP contribution in [0.5, 0.6) is 0 Å². The van der Waals surface area contributed by atoms with Crippen LogP contribution in [0.4, 0.5) is 0 Å². The molecule has 0 aliphatic rings. The minimum Gasteiger partial charge on any atom is -0.455 e. The highest BCUT2D eigenvalue weighted by molar-refractivity contribution is 6.26. The fourth-order valence-corrected chi connectivity index (χ4v) is 7.37. The van der Waals surface area contributed by atoms with Gasteiger partial charge in [-0.15, -0.1) is 0 Å². The summed E-state index contributed by atoms with van der Waals surface area (Å²) in [6, 6.07) is 53.2. The lowest BCUT2D eigenvalue weighted by Crippen LogP contribution is -1.89. The van der Waals surface area contributed by atoms with Gasteiger partial charge in [-0.25, -0.2) is 0 Å². The first kappa shape index (κ1) is 23.0. The summed E-state index contributed by atoms with van der Waals surface area (Å²) in [5.41, 5.74) is 6.60. The number of furan rings is 1. The minimum atomic E-state index is 0.919. The van der Waals surface area contributed by atoms with Crippen LogP contribution in [0, 0.1) is 0 Å². The van der Waals surface area contributed by atoms with Crippen LogP contribution in [-0.2, 0) is 0 Å². The van der Waals surface area contributed by atoms with Gasteiger partial charge in [0.15, 0.2) is 0 Å². The summed E-state index contributed by atoms with van der Waals surface area (Å²) in [4.78, 5) is 0. The fraction of sp³-hybridized carbons (Fsp3) is 0. The van der Waals surface area contributed by atoms with Crippen molar-refractivity contribution in [1.82, 2.24) is 0 Å². The Hall–Kier alpha value is -5.66. The van der Waals surface area contributed by atoms with Crippen molar-refractivity contribution in [2.45, 2.75) is 0 Å². The zero-order chi connectivity index (χ0) is 28.1. The lowest BCUT2D eigenvalue weighted by atomic mass is 9.88. The Morgan fingerprint density at radius 2 is 0.977 bits per heavy atom. The van der Waals surface area contributed by atoms with Crippen LogP contribution >= 0.6 is 0 Å². The molecule has 0 saturated heterocycles. The molecule has 10 aromatic rings. The first-order valence-corrected chi connectivity index (χ1v) is 14.8. The van der Waals surface area contributed by atoms with Crippen LogP contribution in [0.2, 0.25) is 0 Å². The van der Waals surface area contributed by atoms with E-state index in [2.05, 4.69) is 146 Å². The van der Waals surface area contributed by atoms with Gasteiger partial charge in [0, 0.05) is 16.3 Å². The predicted molar refractivity (Wildman–Crippen MR) is 183 cm³/mol. The Morgan fingerprint density at radius 1 is 0.326 bits per heavy atom. The van der Waals surface area contributed by atoms with E-state index in [0.717, 1.165) is 27.5 Å². The number of benzene rings is 9. The quantitative estimate of drug-likeness (QED) is 0.197. The largest absolute Gasteiger partial charge is 0.455 e. The molecule has 0 radical (unpaired) electrons. The third-order valence-corrected chi connectivity index (χ3v) is 9.36. The molecule has 9 aromatic carbocycles. The van der Waals surface area contributed by atoms with Gasteiger partial charge in [-0.1, -0.05) is 121 Å². The van der Waals surface area contributed by atoms with Gasteiger partial charge in [-0.05, 0) is 94.8 Å². The summed E-state index contributed by atoms with van der Waals surface area (Å²) in [6.45, 7) is 0. The average molecular weight is 545 g/mol. The summed E-state index contributed by atoms with van der Waals surface area (Å²) in [5, 5.41) is 15.0. The Bertz CT molecular complexity index is 2700. The summed E-state index contributed by atoms with van der Waals surface area (Å²) in [5.74, 6) is 0. The predicted octanol–water partition coefficient (Wildman–Crippen LogP) is 12.1. The molecule has 0 amide bonds. The molecule has 1 heterocycles. The van der Waals surface area contributed by atoms with E-state index in [0.29, 0.717) is 0 Å². The van der Waals surface area contributed by atoms with Gasteiger partial charge >= 0.3 is 0 Å². The Kier molecular flexibility index (Phi) is 4.51. The van der Waals surface area contributed by atoms with E-state index in [1.165, 1.54) is 70.6 Å². The standard InChI is InChI=1S/C42H24O/c1-2-9-30-24-39-36(21-29(30)8-1)38-23-31(22-37(42(38)43-39)34-14-6-10-25-7-3-4-13-32(25)34)33-19-17-28-16-15-26-11-5-12-27-18-20-35(33)41(28)40(26)27/h1-24H. The Morgan fingerprint density at radius 3 is 1.84 bits per heavy atom. The van der Waals surface area contributed by atoms with Gasteiger partial charge in [-0.3, -0.25) is 0 Å². The summed E-state index contributed by atoms with van der Waals surface area (Å²) >= 11 is 0. The summed E-state index contributed by atoms with van der Waals surface area (Å²) in [6.07, 6.45) is 0. The highest BCUT2D eigenvalue weighted by Crippen LogP contribution is 2.45. The maximum Gasteiger partial charge on any atom is 0.143 e. The van der Waals surface area contributed by atoms with Crippen molar-refractivity contribution in [3.63, 3.8) is 0 Å². The lowest BCUT2D eigenvalue weighted by molar-refractivity contribution is 0.670. The lowest BCUT2D eigenvalue weighted by Gasteiger charge is -2.15. The van der Waals surface area contributed by atoms with E-state index in [-0.39, 0.29) is 0 Å². The van der Waals surface area contributed by atoms with Crippen LogP contribution < -0.4 is 0 Å². The maximum atomic E-state index is 6.77. The van der Waals surface area contributed by atoms with E-state index in [4.69, 9.17) is 4.42 Å². The number of hydrogen-bond donors (Lipinski definition) is 0. The van der Waals surface area contributed by atoms with Crippen LogP contribution in [-0.4, -0.2) is 0 Å². The molecule has 0 spiro atoms. The smallest absolute Gasteiger partial charge is 0.143 e. The highest BCUT2D eigenvalue weighted by atomic mass is 16.3. The second-order valence-corrected chi connectivity index (χ2v) is 11.7. The van der Waals surface area contributed by atoms with Crippen LogP contribution in [0.15, 0.2) is 150 Å². The fourth-order valence-electron chi connectivity index (χ4n) is 7.37. The van der Waals surface area contributed by atoms with Crippen molar-refractivity contribution >= 4 is 75.8 Å². The zero-order valence-electron chi connectivity index (χ0n) is 23.3. The topological polar surface area (TPSA) is 13.1 Å². The number of fused-ring (bicyclic) bond motifs is 5. The van der Waals surface area contributed by atoms with Crippen molar-refractivity contribution in [3.05, 3.63) is 146 Å². The number of hydrogen-bond acceptors (Lipinski definition) is 1. The molecule has 198 valence electrons. The van der Waals surface area contributed by atoms with Crippen molar-refractivity contribution in [2.24, 2.45) is 0 Å². The van der Waals surface area contributed by atoms with Gasteiger partial charge in [-0.2, -0.15) is 0 Å². The molecular formula is C42H24O. The van der Waals surface area contributed by atoms with E-state index < -0.39 is 0 Å². The molecule has 1 nitrogen and oxygen atoms in total. The van der Waals surface area contributed by atoms with Crippen LogP contribution in [0.1, 0.15) is 0 Å². The third-order valence-electron chi connectivity index (χ3n) is 9.36. The first-order valence-electron chi connectivity index (χ1n) is 14.8. The molecule has 0 aliphatic carbocycles. The molecule has 10 rings (SSSR count). The normalized spacial score (nSPS) is 12.2. The minimum absolute atomic E-state index is 0.919. The summed E-state index contributed by atoms with van der Waals surface area (Å²) < 4.78 is 6.77. The Labute approximate surface area is 247 Å². The molecule has 0 unspecified atom stereocenters. The molecule has 43 heavy (non-hydrogen) atoms. The summed E-state index contributed by atoms with van der Waals surface area (Å²) in [7, 11) is 0. The number of rotatable bonds is 2. The van der Waals surface area contributed by atoms with Gasteiger partial charge in [0.05, 0.1) is 0 Å². The van der Waals surface area contributed by atoms with Crippen LogP contribution in [0.3, 0.4) is 0 Å². The molecule has 1 heteroatoms. The molecule has 0 atom stereocenters. The van der Waals surface area contributed by atoms with Crippen molar-refractivity contribution < 1.29 is 4.42 Å². The van der Waals surface area contributed by atoms with Crippen molar-refractivity contribution in [1.29, 1.82) is 0 Å². The second kappa shape index (κ2) is 8.44. The van der Waals surface area contributed by atoms with E-state index in [1.54, 1.807) is 0 Å². The molecular weight excluding hydrogens is 520 g/mol. The molecule has 0 bridgehead atoms. The Balaban J connectivity index is 1.36. The molecule has 0 saturated carbocycles. The van der Waals surface area contributed by atoms with Gasteiger partial charge < -0.3 is 4.42 Å². The van der Waals surface area contributed by atoms with Crippen molar-refractivity contribution in [3.8, 4) is 22.3 Å². The van der Waals surface area contributed by atoms with E-state index >= 15 is 0 Å². The van der Waals surface area contributed by atoms with Gasteiger partial charge in [0.25, 0.3) is 0 Å². The van der Waals surface area contributed by atoms with Gasteiger partial charge in [0.1, 0.15) is 11.2 Å². The van der Waals surface area contributed by atoms with Crippen LogP contribution in [0.25, 0.3) is 98.1 Å². The second-order valence-electron chi connectivity index (χ2n) is 11.7. The molecule has 1 aromatic heterocycles. The average Bonchev–Trinajstić information content (AvgIpc) is 3.42. The van der Waals surface area contributed by atoms with Crippen molar-refractivity contribution in [2.75, 3.05) is 0 Å². The monoisotopic (exact) mass is 544 g/mol. The maximum absolute atomic E-state index is 6.77. The highest BCUT2D eigenvalue weighted by Gasteiger charge is 2.19. The zero-order valence-corrected chi connectivity index (χ0v) is 23.3. The van der Waals surface area contributed by atoms with Gasteiger partial charge in [0.2, 0.25) is 0 Å². The van der Waals surface area contributed by atoms with E-state index in [1.807, 2.05) is 0 Å². The molecule has 0 N–H and O–H groups in total. The van der Waals surface area contributed by atoms with E-state index in [9.17, 15) is 0 Å². The first-order chi connectivity index (χ1) is 21.3. The SMILES string of the molecule is c1ccc2cc3c(cc2c1)oc1c(-c2cccc4ccccc24)cc(-c2ccc4ccc5cccc6ccc2c4c56)cc13.